The Morgan fingerprint density at radius 1 is 1.09 bits per heavy atom. The van der Waals surface area contributed by atoms with Crippen LogP contribution in [0.25, 0.3) is 0 Å². The monoisotopic (exact) mass is 466 g/mol. The molecule has 1 amide bonds. The van der Waals surface area contributed by atoms with E-state index in [2.05, 4.69) is 11.0 Å². The van der Waals surface area contributed by atoms with E-state index >= 15 is 0 Å². The van der Waals surface area contributed by atoms with Crippen molar-refractivity contribution in [2.45, 2.75) is 31.8 Å². The zero-order chi connectivity index (χ0) is 23.2. The molecule has 0 bridgehead atoms. The van der Waals surface area contributed by atoms with Gasteiger partial charge in [-0.15, -0.1) is 11.3 Å². The van der Waals surface area contributed by atoms with Crippen LogP contribution < -0.4 is 4.74 Å². The molecule has 1 fully saturated rings. The zero-order valence-electron chi connectivity index (χ0n) is 19.2. The molecule has 1 saturated heterocycles. The van der Waals surface area contributed by atoms with Crippen molar-refractivity contribution in [3.63, 3.8) is 0 Å². The van der Waals surface area contributed by atoms with Crippen LogP contribution >= 0.6 is 11.3 Å². The van der Waals surface area contributed by atoms with Crippen LogP contribution in [0.1, 0.15) is 33.6 Å². The molecule has 0 unspecified atom stereocenters. The second kappa shape index (κ2) is 10.9. The van der Waals surface area contributed by atoms with Crippen molar-refractivity contribution in [1.82, 2.24) is 9.80 Å². The van der Waals surface area contributed by atoms with E-state index in [4.69, 9.17) is 4.74 Å². The molecule has 0 spiro atoms. The molecule has 0 aliphatic carbocycles. The molecule has 33 heavy (non-hydrogen) atoms. The molecule has 2 aromatic carbocycles. The first-order valence-electron chi connectivity index (χ1n) is 11.4. The van der Waals surface area contributed by atoms with E-state index < -0.39 is 0 Å². The largest absolute Gasteiger partial charge is 0.496 e. The van der Waals surface area contributed by atoms with E-state index in [1.165, 1.54) is 23.0 Å². The number of thiophene rings is 1. The lowest BCUT2D eigenvalue weighted by atomic mass is 9.84. The van der Waals surface area contributed by atoms with Crippen molar-refractivity contribution < 1.29 is 13.9 Å². The third-order valence-electron chi connectivity index (χ3n) is 6.70. The van der Waals surface area contributed by atoms with Gasteiger partial charge < -0.3 is 9.64 Å². The third-order valence-corrected chi connectivity index (χ3v) is 7.56. The highest BCUT2D eigenvalue weighted by Gasteiger charge is 2.33. The summed E-state index contributed by atoms with van der Waals surface area (Å²) in [4.78, 5) is 18.2. The number of nitrogens with zero attached hydrogens (tertiary/aromatic N) is 2. The van der Waals surface area contributed by atoms with Crippen LogP contribution in [0.2, 0.25) is 0 Å². The smallest absolute Gasteiger partial charge is 0.263 e. The van der Waals surface area contributed by atoms with E-state index in [0.29, 0.717) is 17.9 Å². The maximum absolute atomic E-state index is 14.5. The van der Waals surface area contributed by atoms with E-state index in [1.807, 2.05) is 59.8 Å². The van der Waals surface area contributed by atoms with Crippen molar-refractivity contribution in [2.75, 3.05) is 27.2 Å². The van der Waals surface area contributed by atoms with Gasteiger partial charge in [0.15, 0.2) is 0 Å². The van der Waals surface area contributed by atoms with Crippen LogP contribution in [0.4, 0.5) is 4.39 Å². The number of ether oxygens (including phenoxy) is 1. The molecule has 6 heteroatoms. The minimum absolute atomic E-state index is 0.0165. The number of hydrogen-bond acceptors (Lipinski definition) is 4. The van der Waals surface area contributed by atoms with Gasteiger partial charge in [0.05, 0.1) is 12.0 Å². The predicted molar refractivity (Wildman–Crippen MR) is 131 cm³/mol. The Bertz CT molecular complexity index is 1050. The highest BCUT2D eigenvalue weighted by Crippen LogP contribution is 2.30. The summed E-state index contributed by atoms with van der Waals surface area (Å²) in [5.41, 5.74) is 1.86. The number of benzene rings is 2. The number of likely N-dealkylation sites (tertiary alicyclic amines) is 1. The highest BCUT2D eigenvalue weighted by molar-refractivity contribution is 7.12. The fraction of sp³-hybridized carbons (Fsp3) is 0.370. The number of halogens is 1. The lowest BCUT2D eigenvalue weighted by molar-refractivity contribution is 0.0587. The summed E-state index contributed by atoms with van der Waals surface area (Å²) < 4.78 is 20.0. The summed E-state index contributed by atoms with van der Waals surface area (Å²) in [5, 5.41) is 1.92. The minimum atomic E-state index is -0.201. The fourth-order valence-corrected chi connectivity index (χ4v) is 5.51. The van der Waals surface area contributed by atoms with Crippen LogP contribution in [0.3, 0.4) is 0 Å². The maximum atomic E-state index is 14.5. The summed E-state index contributed by atoms with van der Waals surface area (Å²) in [7, 11) is 3.58. The summed E-state index contributed by atoms with van der Waals surface area (Å²) in [5.74, 6) is 1.04. The molecule has 3 aromatic rings. The lowest BCUT2D eigenvalue weighted by Gasteiger charge is -2.40. The first kappa shape index (κ1) is 23.5. The Morgan fingerprint density at radius 3 is 2.45 bits per heavy atom. The topological polar surface area (TPSA) is 32.8 Å². The van der Waals surface area contributed by atoms with Crippen molar-refractivity contribution in [2.24, 2.45) is 5.92 Å². The number of carbonyl (C=O) groups excluding carboxylic acids is 1. The van der Waals surface area contributed by atoms with Gasteiger partial charge in [-0.1, -0.05) is 42.5 Å². The third kappa shape index (κ3) is 5.63. The number of piperidine rings is 1. The zero-order valence-corrected chi connectivity index (χ0v) is 20.1. The summed E-state index contributed by atoms with van der Waals surface area (Å²) in [6, 6.07) is 18.8. The molecule has 1 aromatic heterocycles. The Balaban J connectivity index is 1.48. The van der Waals surface area contributed by atoms with Crippen LogP contribution in [0.15, 0.2) is 66.0 Å². The van der Waals surface area contributed by atoms with E-state index in [0.717, 1.165) is 43.1 Å². The Labute approximate surface area is 199 Å². The van der Waals surface area contributed by atoms with Crippen LogP contribution in [-0.2, 0) is 13.0 Å². The molecule has 174 valence electrons. The van der Waals surface area contributed by atoms with Crippen molar-refractivity contribution in [3.05, 3.63) is 87.9 Å². The minimum Gasteiger partial charge on any atom is -0.496 e. The van der Waals surface area contributed by atoms with Crippen molar-refractivity contribution in [1.29, 1.82) is 0 Å². The van der Waals surface area contributed by atoms with Gasteiger partial charge in [0.1, 0.15) is 11.6 Å². The summed E-state index contributed by atoms with van der Waals surface area (Å²) in [6.07, 6.45) is 2.46. The van der Waals surface area contributed by atoms with Crippen molar-refractivity contribution in [3.8, 4) is 5.75 Å². The Hall–Kier alpha value is -2.70. The molecule has 0 N–H and O–H groups in total. The molecule has 1 aliphatic rings. The van der Waals surface area contributed by atoms with E-state index in [1.54, 1.807) is 13.2 Å². The molecule has 0 saturated carbocycles. The van der Waals surface area contributed by atoms with Crippen molar-refractivity contribution >= 4 is 17.2 Å². The number of rotatable bonds is 8. The van der Waals surface area contributed by atoms with Gasteiger partial charge >= 0.3 is 0 Å². The first-order valence-corrected chi connectivity index (χ1v) is 12.3. The number of para-hydroxylation sites is 1. The van der Waals surface area contributed by atoms with Gasteiger partial charge in [0.25, 0.3) is 5.91 Å². The number of amides is 1. The quantitative estimate of drug-likeness (QED) is 0.440. The molecule has 1 atom stereocenters. The van der Waals surface area contributed by atoms with Gasteiger partial charge in [-0.05, 0) is 67.4 Å². The second-order valence-electron chi connectivity index (χ2n) is 8.68. The standard InChI is InChI=1S/C27H31FN2O2S/c1-29(27(31)26-12-7-17-33-26)24(18-21-8-3-5-10-23(21)28)20-13-15-30(16-14-20)19-22-9-4-6-11-25(22)32-2/h3-12,17,20,24H,13-16,18-19H2,1-2H3/t24-/m1/s1. The van der Waals surface area contributed by atoms with E-state index in [9.17, 15) is 9.18 Å². The van der Waals surface area contributed by atoms with Gasteiger partial charge in [-0.3, -0.25) is 9.69 Å². The molecule has 4 nitrogen and oxygen atoms in total. The SMILES string of the molecule is COc1ccccc1CN1CCC([C@@H](Cc2ccccc2F)N(C)C(=O)c2cccs2)CC1. The maximum Gasteiger partial charge on any atom is 0.263 e. The molecule has 0 radical (unpaired) electrons. The van der Waals surface area contributed by atoms with Crippen LogP contribution in [0.5, 0.6) is 5.75 Å². The average molecular weight is 467 g/mol. The summed E-state index contributed by atoms with van der Waals surface area (Å²) >= 11 is 1.45. The number of likely N-dealkylation sites (N-methyl/N-ethyl adjacent to an activating group) is 1. The van der Waals surface area contributed by atoms with Gasteiger partial charge in [-0.25, -0.2) is 4.39 Å². The highest BCUT2D eigenvalue weighted by atomic mass is 32.1. The van der Waals surface area contributed by atoms with Gasteiger partial charge in [-0.2, -0.15) is 0 Å². The number of methoxy groups -OCH3 is 1. The lowest BCUT2D eigenvalue weighted by Crippen LogP contribution is -2.47. The number of carbonyl (C=O) groups is 1. The van der Waals surface area contributed by atoms with E-state index in [-0.39, 0.29) is 17.8 Å². The van der Waals surface area contributed by atoms with Gasteiger partial charge in [0.2, 0.25) is 0 Å². The van der Waals surface area contributed by atoms with Crippen LogP contribution in [0, 0.1) is 11.7 Å². The number of hydrogen-bond donors (Lipinski definition) is 0. The first-order chi connectivity index (χ1) is 16.1. The second-order valence-corrected chi connectivity index (χ2v) is 9.63. The van der Waals surface area contributed by atoms with Gasteiger partial charge in [0, 0.05) is 25.2 Å². The summed E-state index contributed by atoms with van der Waals surface area (Å²) in [6.45, 7) is 2.73. The normalized spacial score (nSPS) is 15.8. The molecule has 4 rings (SSSR count). The molecular weight excluding hydrogens is 435 g/mol. The average Bonchev–Trinajstić information content (AvgIpc) is 3.39. The predicted octanol–water partition coefficient (Wildman–Crippen LogP) is 5.49. The molecule has 1 aliphatic heterocycles. The van der Waals surface area contributed by atoms with Crippen LogP contribution in [-0.4, -0.2) is 49.0 Å². The Kier molecular flexibility index (Phi) is 7.78. The fourth-order valence-electron chi connectivity index (χ4n) is 4.80. The Morgan fingerprint density at radius 2 is 1.79 bits per heavy atom. The molecular formula is C27H31FN2O2S. The molecule has 2 heterocycles.